The monoisotopic (exact) mass is 342 g/mol. The van der Waals surface area contributed by atoms with Crippen molar-refractivity contribution < 1.29 is 9.90 Å². The molecule has 24 heavy (non-hydrogen) atoms. The maximum Gasteiger partial charge on any atom is 0.356 e. The van der Waals surface area contributed by atoms with Gasteiger partial charge in [0.25, 0.3) is 0 Å². The Morgan fingerprint density at radius 1 is 1.42 bits per heavy atom. The summed E-state index contributed by atoms with van der Waals surface area (Å²) in [5.74, 6) is -1.02. The molecule has 0 radical (unpaired) electrons. The van der Waals surface area contributed by atoms with Gasteiger partial charge in [-0.05, 0) is 24.4 Å². The number of hydrogen-bond acceptors (Lipinski definition) is 3. The standard InChI is InChI=1S/C17H18N4O2S/c1-2-9-18-17(24)20-10-8-14-13(11-20)15(16(22)23)19-21(14)12-6-4-3-5-7-12/h2-7H,1,8-11H2,(H,18,24)(H,22,23). The van der Waals surface area contributed by atoms with E-state index in [0.29, 0.717) is 31.2 Å². The maximum absolute atomic E-state index is 11.6. The lowest BCUT2D eigenvalue weighted by atomic mass is 10.1. The van der Waals surface area contributed by atoms with E-state index in [0.717, 1.165) is 16.9 Å². The molecule has 2 heterocycles. The Kier molecular flexibility index (Phi) is 4.61. The molecule has 6 nitrogen and oxygen atoms in total. The second-order valence-electron chi connectivity index (χ2n) is 5.47. The molecular weight excluding hydrogens is 324 g/mol. The van der Waals surface area contributed by atoms with Gasteiger partial charge in [0.15, 0.2) is 10.8 Å². The minimum atomic E-state index is -1.02. The van der Waals surface area contributed by atoms with Crippen LogP contribution in [-0.2, 0) is 13.0 Å². The summed E-state index contributed by atoms with van der Waals surface area (Å²) in [6, 6.07) is 9.58. The third kappa shape index (κ3) is 3.03. The van der Waals surface area contributed by atoms with Crippen LogP contribution in [0.5, 0.6) is 0 Å². The van der Waals surface area contributed by atoms with Crippen LogP contribution in [0.1, 0.15) is 21.7 Å². The summed E-state index contributed by atoms with van der Waals surface area (Å²) in [5.41, 5.74) is 2.61. The Labute approximate surface area is 145 Å². The highest BCUT2D eigenvalue weighted by Gasteiger charge is 2.29. The number of nitrogens with zero attached hydrogens (tertiary/aromatic N) is 3. The van der Waals surface area contributed by atoms with Crippen molar-refractivity contribution in [2.75, 3.05) is 13.1 Å². The van der Waals surface area contributed by atoms with E-state index in [9.17, 15) is 9.90 Å². The first-order valence-corrected chi connectivity index (χ1v) is 8.05. The quantitative estimate of drug-likeness (QED) is 0.654. The SMILES string of the molecule is C=CCNC(=S)N1CCc2c(c(C(=O)O)nn2-c2ccccc2)C1. The van der Waals surface area contributed by atoms with Crippen LogP contribution >= 0.6 is 12.2 Å². The molecule has 0 amide bonds. The van der Waals surface area contributed by atoms with E-state index < -0.39 is 5.97 Å². The molecule has 0 saturated heterocycles. The van der Waals surface area contributed by atoms with E-state index in [1.165, 1.54) is 0 Å². The normalized spacial score (nSPS) is 13.2. The molecule has 1 aliphatic heterocycles. The Balaban J connectivity index is 1.96. The van der Waals surface area contributed by atoms with Crippen LogP contribution in [0.4, 0.5) is 0 Å². The smallest absolute Gasteiger partial charge is 0.356 e. The van der Waals surface area contributed by atoms with Crippen molar-refractivity contribution in [1.29, 1.82) is 0 Å². The third-order valence-electron chi connectivity index (χ3n) is 3.95. The zero-order valence-electron chi connectivity index (χ0n) is 13.1. The van der Waals surface area contributed by atoms with E-state index in [1.54, 1.807) is 10.8 Å². The summed E-state index contributed by atoms with van der Waals surface area (Å²) in [5, 5.41) is 17.5. The number of thiocarbonyl (C=S) groups is 1. The average Bonchev–Trinajstić information content (AvgIpc) is 2.99. The van der Waals surface area contributed by atoms with Crippen LogP contribution in [0.2, 0.25) is 0 Å². The lowest BCUT2D eigenvalue weighted by Gasteiger charge is -2.30. The van der Waals surface area contributed by atoms with Crippen LogP contribution < -0.4 is 5.32 Å². The Hall–Kier alpha value is -2.67. The lowest BCUT2D eigenvalue weighted by molar-refractivity contribution is 0.0688. The van der Waals surface area contributed by atoms with Gasteiger partial charge in [0.05, 0.1) is 11.4 Å². The molecule has 1 aliphatic rings. The first kappa shape index (κ1) is 16.2. The van der Waals surface area contributed by atoms with Crippen molar-refractivity contribution in [3.8, 4) is 5.69 Å². The van der Waals surface area contributed by atoms with Crippen LogP contribution in [0.3, 0.4) is 0 Å². The van der Waals surface area contributed by atoms with Crippen molar-refractivity contribution >= 4 is 23.3 Å². The van der Waals surface area contributed by atoms with E-state index >= 15 is 0 Å². The first-order valence-electron chi connectivity index (χ1n) is 7.65. The van der Waals surface area contributed by atoms with Gasteiger partial charge in [-0.1, -0.05) is 24.3 Å². The summed E-state index contributed by atoms with van der Waals surface area (Å²) < 4.78 is 1.73. The highest BCUT2D eigenvalue weighted by molar-refractivity contribution is 7.80. The Bertz CT molecular complexity index is 785. The molecule has 0 fully saturated rings. The number of nitrogens with one attached hydrogen (secondary N) is 1. The summed E-state index contributed by atoms with van der Waals surface area (Å²) >= 11 is 5.37. The van der Waals surface area contributed by atoms with Crippen molar-refractivity contribution in [3.05, 3.63) is 59.9 Å². The minimum absolute atomic E-state index is 0.0880. The van der Waals surface area contributed by atoms with Crippen LogP contribution in [-0.4, -0.2) is 44.0 Å². The molecule has 7 heteroatoms. The molecule has 124 valence electrons. The fourth-order valence-corrected chi connectivity index (χ4v) is 3.06. The minimum Gasteiger partial charge on any atom is -0.476 e. The van der Waals surface area contributed by atoms with Crippen molar-refractivity contribution in [1.82, 2.24) is 20.0 Å². The van der Waals surface area contributed by atoms with Gasteiger partial charge in [0.1, 0.15) is 0 Å². The second kappa shape index (κ2) is 6.84. The first-order chi connectivity index (χ1) is 11.6. The van der Waals surface area contributed by atoms with E-state index in [1.807, 2.05) is 35.2 Å². The number of rotatable bonds is 4. The fourth-order valence-electron chi connectivity index (χ4n) is 2.82. The van der Waals surface area contributed by atoms with Gasteiger partial charge in [-0.2, -0.15) is 5.10 Å². The Morgan fingerprint density at radius 2 is 2.17 bits per heavy atom. The molecule has 3 rings (SSSR count). The molecule has 1 aromatic carbocycles. The number of hydrogen-bond donors (Lipinski definition) is 2. The van der Waals surface area contributed by atoms with E-state index in [-0.39, 0.29) is 5.69 Å². The zero-order chi connectivity index (χ0) is 17.1. The zero-order valence-corrected chi connectivity index (χ0v) is 13.9. The summed E-state index contributed by atoms with van der Waals surface area (Å²) in [6.45, 7) is 5.39. The van der Waals surface area contributed by atoms with Crippen molar-refractivity contribution in [2.24, 2.45) is 0 Å². The number of fused-ring (bicyclic) bond motifs is 1. The number of carboxylic acid groups (broad SMARTS) is 1. The highest BCUT2D eigenvalue weighted by Crippen LogP contribution is 2.25. The van der Waals surface area contributed by atoms with Gasteiger partial charge in [0, 0.05) is 31.6 Å². The molecule has 0 bridgehead atoms. The Morgan fingerprint density at radius 3 is 2.83 bits per heavy atom. The van der Waals surface area contributed by atoms with Crippen molar-refractivity contribution in [3.63, 3.8) is 0 Å². The molecule has 0 saturated carbocycles. The number of aromatic nitrogens is 2. The van der Waals surface area contributed by atoms with Crippen molar-refractivity contribution in [2.45, 2.75) is 13.0 Å². The maximum atomic E-state index is 11.6. The predicted molar refractivity (Wildman–Crippen MR) is 95.4 cm³/mol. The van der Waals surface area contributed by atoms with Crippen LogP contribution in [0, 0.1) is 0 Å². The topological polar surface area (TPSA) is 70.4 Å². The second-order valence-corrected chi connectivity index (χ2v) is 5.86. The number of carboxylic acids is 1. The van der Waals surface area contributed by atoms with Gasteiger partial charge in [-0.15, -0.1) is 6.58 Å². The number of benzene rings is 1. The number of aromatic carboxylic acids is 1. The highest BCUT2D eigenvalue weighted by atomic mass is 32.1. The van der Waals surface area contributed by atoms with E-state index in [4.69, 9.17) is 12.2 Å². The summed E-state index contributed by atoms with van der Waals surface area (Å²) in [7, 11) is 0. The van der Waals surface area contributed by atoms with Gasteiger partial charge in [-0.3, -0.25) is 0 Å². The number of carbonyl (C=O) groups is 1. The third-order valence-corrected chi connectivity index (χ3v) is 4.35. The molecule has 1 aromatic heterocycles. The molecule has 2 aromatic rings. The molecule has 0 spiro atoms. The van der Waals surface area contributed by atoms with Gasteiger partial charge < -0.3 is 15.3 Å². The van der Waals surface area contributed by atoms with Gasteiger partial charge >= 0.3 is 5.97 Å². The number of para-hydroxylation sites is 1. The summed E-state index contributed by atoms with van der Waals surface area (Å²) in [6.07, 6.45) is 2.41. The van der Waals surface area contributed by atoms with E-state index in [2.05, 4.69) is 17.0 Å². The van der Waals surface area contributed by atoms with Gasteiger partial charge in [-0.25, -0.2) is 9.48 Å². The molecule has 2 N–H and O–H groups in total. The van der Waals surface area contributed by atoms with Crippen LogP contribution in [0.25, 0.3) is 5.69 Å². The predicted octanol–water partition coefficient (Wildman–Crippen LogP) is 1.99. The molecule has 0 aliphatic carbocycles. The molecule has 0 unspecified atom stereocenters. The lowest BCUT2D eigenvalue weighted by Crippen LogP contribution is -2.43. The molecule has 0 atom stereocenters. The largest absolute Gasteiger partial charge is 0.476 e. The van der Waals surface area contributed by atoms with Crippen LogP contribution in [0.15, 0.2) is 43.0 Å². The average molecular weight is 342 g/mol. The van der Waals surface area contributed by atoms with Gasteiger partial charge in [0.2, 0.25) is 0 Å². The summed E-state index contributed by atoms with van der Waals surface area (Å²) in [4.78, 5) is 13.6. The molecular formula is C17H18N4O2S. The fraction of sp³-hybridized carbons (Fsp3) is 0.235.